The fourth-order valence-electron chi connectivity index (χ4n) is 2.44. The van der Waals surface area contributed by atoms with Crippen LogP contribution in [0.1, 0.15) is 55.4 Å². The highest BCUT2D eigenvalue weighted by atomic mass is 16.3. The van der Waals surface area contributed by atoms with E-state index in [4.69, 9.17) is 0 Å². The summed E-state index contributed by atoms with van der Waals surface area (Å²) in [6, 6.07) is 6.66. The molecular weight excluding hydrogens is 184 g/mol. The maximum atomic E-state index is 10.0. The highest BCUT2D eigenvalue weighted by Gasteiger charge is 2.16. The van der Waals surface area contributed by atoms with Crippen molar-refractivity contribution in [3.8, 4) is 0 Å². The van der Waals surface area contributed by atoms with Crippen molar-refractivity contribution in [3.05, 3.63) is 34.9 Å². The fourth-order valence-corrected chi connectivity index (χ4v) is 2.44. The minimum absolute atomic E-state index is 0.223. The van der Waals surface area contributed by atoms with Crippen molar-refractivity contribution in [2.24, 2.45) is 0 Å². The smallest absolute Gasteiger partial charge is 0.0792 e. The van der Waals surface area contributed by atoms with Gasteiger partial charge in [-0.25, -0.2) is 0 Å². The van der Waals surface area contributed by atoms with Gasteiger partial charge in [-0.2, -0.15) is 0 Å². The molecule has 0 aromatic heterocycles. The number of aliphatic hydroxyl groups excluding tert-OH is 1. The van der Waals surface area contributed by atoms with Crippen LogP contribution in [0.25, 0.3) is 0 Å². The van der Waals surface area contributed by atoms with E-state index in [0.717, 1.165) is 25.7 Å². The zero-order valence-electron chi connectivity index (χ0n) is 9.50. The van der Waals surface area contributed by atoms with Crippen LogP contribution in [0.3, 0.4) is 0 Å². The van der Waals surface area contributed by atoms with E-state index in [-0.39, 0.29) is 6.10 Å². The largest absolute Gasteiger partial charge is 0.388 e. The molecule has 82 valence electrons. The zero-order chi connectivity index (χ0) is 10.7. The summed E-state index contributed by atoms with van der Waals surface area (Å²) < 4.78 is 0. The molecule has 1 nitrogen and oxygen atoms in total. The summed E-state index contributed by atoms with van der Waals surface area (Å²) in [6.45, 7) is 2.20. The molecule has 0 aliphatic heterocycles. The van der Waals surface area contributed by atoms with Crippen LogP contribution < -0.4 is 0 Å². The highest BCUT2D eigenvalue weighted by Crippen LogP contribution is 2.29. The number of fused-ring (bicyclic) bond motifs is 1. The van der Waals surface area contributed by atoms with Gasteiger partial charge in [0.05, 0.1) is 6.10 Å². The average molecular weight is 204 g/mol. The second-order valence-electron chi connectivity index (χ2n) is 4.54. The van der Waals surface area contributed by atoms with E-state index in [1.165, 1.54) is 29.5 Å². The van der Waals surface area contributed by atoms with Gasteiger partial charge in [0.15, 0.2) is 0 Å². The molecule has 1 aromatic carbocycles. The molecule has 0 saturated carbocycles. The van der Waals surface area contributed by atoms with Crippen LogP contribution in [0, 0.1) is 0 Å². The van der Waals surface area contributed by atoms with Gasteiger partial charge in [0.2, 0.25) is 0 Å². The van der Waals surface area contributed by atoms with Crippen molar-refractivity contribution >= 4 is 0 Å². The summed E-state index contributed by atoms with van der Waals surface area (Å²) in [5.74, 6) is 0. The lowest BCUT2D eigenvalue weighted by molar-refractivity contribution is 0.166. The molecule has 1 aromatic rings. The van der Waals surface area contributed by atoms with E-state index < -0.39 is 0 Å². The maximum Gasteiger partial charge on any atom is 0.0792 e. The van der Waals surface area contributed by atoms with Gasteiger partial charge >= 0.3 is 0 Å². The molecule has 0 spiro atoms. The lowest BCUT2D eigenvalue weighted by Gasteiger charge is -2.13. The van der Waals surface area contributed by atoms with E-state index in [1.807, 2.05) is 0 Å². The Hall–Kier alpha value is -0.820. The lowest BCUT2D eigenvalue weighted by Crippen LogP contribution is -2.00. The van der Waals surface area contributed by atoms with Crippen molar-refractivity contribution in [1.29, 1.82) is 0 Å². The molecule has 1 N–H and O–H groups in total. The molecule has 1 heteroatoms. The van der Waals surface area contributed by atoms with Gasteiger partial charge in [-0.15, -0.1) is 0 Å². The number of hydrogen-bond donors (Lipinski definition) is 1. The van der Waals surface area contributed by atoms with E-state index in [0.29, 0.717) is 0 Å². The Labute approximate surface area is 92.1 Å². The van der Waals surface area contributed by atoms with Crippen LogP contribution in [-0.4, -0.2) is 5.11 Å². The predicted molar refractivity (Wildman–Crippen MR) is 63.0 cm³/mol. The normalized spacial score (nSPS) is 20.8. The molecule has 1 unspecified atom stereocenters. The van der Waals surface area contributed by atoms with E-state index in [9.17, 15) is 5.11 Å². The first-order valence-corrected chi connectivity index (χ1v) is 6.11. The number of benzene rings is 1. The van der Waals surface area contributed by atoms with Gasteiger partial charge in [-0.3, -0.25) is 0 Å². The first-order valence-electron chi connectivity index (χ1n) is 6.11. The van der Waals surface area contributed by atoms with E-state index in [2.05, 4.69) is 25.1 Å². The molecule has 0 heterocycles. The standard InChI is InChI=1S/C14H20O/c1-2-5-11-8-9-12-6-3-4-7-14(15)13(12)10-11/h8-10,14-15H,2-7H2,1H3. The lowest BCUT2D eigenvalue weighted by atomic mass is 9.97. The van der Waals surface area contributed by atoms with Crippen LogP contribution in [0.2, 0.25) is 0 Å². The summed E-state index contributed by atoms with van der Waals surface area (Å²) in [5, 5.41) is 10.0. The fraction of sp³-hybridized carbons (Fsp3) is 0.571. The molecule has 0 fully saturated rings. The van der Waals surface area contributed by atoms with E-state index >= 15 is 0 Å². The predicted octanol–water partition coefficient (Wildman–Crippen LogP) is 3.40. The number of aryl methyl sites for hydroxylation is 2. The van der Waals surface area contributed by atoms with E-state index in [1.54, 1.807) is 0 Å². The van der Waals surface area contributed by atoms with Crippen LogP contribution in [-0.2, 0) is 12.8 Å². The van der Waals surface area contributed by atoms with Crippen LogP contribution in [0.15, 0.2) is 18.2 Å². The van der Waals surface area contributed by atoms with Gasteiger partial charge in [0.25, 0.3) is 0 Å². The molecule has 0 amide bonds. The second kappa shape index (κ2) is 4.80. The SMILES string of the molecule is CCCc1ccc2c(c1)C(O)CCCC2. The first kappa shape index (κ1) is 10.7. The Kier molecular flexibility index (Phi) is 3.42. The third kappa shape index (κ3) is 2.40. The Morgan fingerprint density at radius 1 is 1.33 bits per heavy atom. The number of hydrogen-bond acceptors (Lipinski definition) is 1. The summed E-state index contributed by atoms with van der Waals surface area (Å²) in [6.07, 6.45) is 6.52. The zero-order valence-corrected chi connectivity index (χ0v) is 9.50. The van der Waals surface area contributed by atoms with Crippen molar-refractivity contribution in [3.63, 3.8) is 0 Å². The maximum absolute atomic E-state index is 10.0. The Balaban J connectivity index is 2.31. The Bertz CT molecular complexity index is 330. The van der Waals surface area contributed by atoms with Crippen molar-refractivity contribution in [1.82, 2.24) is 0 Å². The minimum atomic E-state index is -0.223. The molecular formula is C14H20O. The quantitative estimate of drug-likeness (QED) is 0.732. The molecule has 0 bridgehead atoms. The summed E-state index contributed by atoms with van der Waals surface area (Å²) in [7, 11) is 0. The molecule has 1 aliphatic carbocycles. The molecule has 0 radical (unpaired) electrons. The van der Waals surface area contributed by atoms with Crippen molar-refractivity contribution < 1.29 is 5.11 Å². The van der Waals surface area contributed by atoms with Crippen molar-refractivity contribution in [2.75, 3.05) is 0 Å². The first-order chi connectivity index (χ1) is 7.31. The molecule has 1 atom stereocenters. The van der Waals surface area contributed by atoms with Gasteiger partial charge in [0.1, 0.15) is 0 Å². The van der Waals surface area contributed by atoms with Gasteiger partial charge < -0.3 is 5.11 Å². The van der Waals surface area contributed by atoms with Crippen LogP contribution in [0.5, 0.6) is 0 Å². The summed E-state index contributed by atoms with van der Waals surface area (Å²) in [5.41, 5.74) is 3.93. The second-order valence-corrected chi connectivity index (χ2v) is 4.54. The number of aliphatic hydroxyl groups is 1. The highest BCUT2D eigenvalue weighted by molar-refractivity contribution is 5.34. The molecule has 2 rings (SSSR count). The summed E-state index contributed by atoms with van der Waals surface area (Å²) in [4.78, 5) is 0. The van der Waals surface area contributed by atoms with Crippen molar-refractivity contribution in [2.45, 2.75) is 51.6 Å². The topological polar surface area (TPSA) is 20.2 Å². The van der Waals surface area contributed by atoms with Crippen LogP contribution >= 0.6 is 0 Å². The number of rotatable bonds is 2. The van der Waals surface area contributed by atoms with Crippen LogP contribution in [0.4, 0.5) is 0 Å². The molecule has 1 aliphatic rings. The Morgan fingerprint density at radius 3 is 3.00 bits per heavy atom. The average Bonchev–Trinajstić information content (AvgIpc) is 2.42. The van der Waals surface area contributed by atoms with Gasteiger partial charge in [-0.05, 0) is 42.4 Å². The third-order valence-corrected chi connectivity index (χ3v) is 3.28. The summed E-state index contributed by atoms with van der Waals surface area (Å²) >= 11 is 0. The molecule has 0 saturated heterocycles. The minimum Gasteiger partial charge on any atom is -0.388 e. The van der Waals surface area contributed by atoms with Gasteiger partial charge in [-0.1, -0.05) is 38.0 Å². The van der Waals surface area contributed by atoms with Gasteiger partial charge in [0, 0.05) is 0 Å². The molecule has 15 heavy (non-hydrogen) atoms. The monoisotopic (exact) mass is 204 g/mol. The third-order valence-electron chi connectivity index (χ3n) is 3.28. The Morgan fingerprint density at radius 2 is 2.20 bits per heavy atom.